The minimum Gasteiger partial charge on any atom is -0.460 e. The predicted molar refractivity (Wildman–Crippen MR) is 104 cm³/mol. The molecule has 0 bridgehead atoms. The minimum atomic E-state index is -0.310. The summed E-state index contributed by atoms with van der Waals surface area (Å²) in [5.74, 6) is 0.879. The Morgan fingerprint density at radius 1 is 1.22 bits per heavy atom. The lowest BCUT2D eigenvalue weighted by Crippen LogP contribution is -2.42. The van der Waals surface area contributed by atoms with Crippen molar-refractivity contribution in [1.82, 2.24) is 19.4 Å². The third-order valence-electron chi connectivity index (χ3n) is 5.28. The molecule has 142 valence electrons. The third kappa shape index (κ3) is 3.48. The number of fused-ring (bicyclic) bond motifs is 1. The number of aryl methyl sites for hydroxylation is 1. The molecule has 7 nitrogen and oxygen atoms in total. The lowest BCUT2D eigenvalue weighted by molar-refractivity contribution is 0.175. The Morgan fingerprint density at radius 3 is 2.78 bits per heavy atom. The molecule has 7 heteroatoms. The van der Waals surface area contributed by atoms with Crippen LogP contribution >= 0.6 is 0 Å². The molecule has 0 unspecified atom stereocenters. The first-order valence-electron chi connectivity index (χ1n) is 9.20. The number of aromatic nitrogens is 2. The van der Waals surface area contributed by atoms with E-state index in [4.69, 9.17) is 4.42 Å². The highest BCUT2D eigenvalue weighted by molar-refractivity contribution is 5.77. The highest BCUT2D eigenvalue weighted by atomic mass is 16.3. The van der Waals surface area contributed by atoms with E-state index in [1.807, 2.05) is 24.3 Å². The van der Waals surface area contributed by atoms with Crippen LogP contribution in [-0.4, -0.2) is 33.2 Å². The van der Waals surface area contributed by atoms with E-state index in [0.717, 1.165) is 36.2 Å². The van der Waals surface area contributed by atoms with Crippen LogP contribution in [0.1, 0.15) is 17.7 Å². The summed E-state index contributed by atoms with van der Waals surface area (Å²) in [7, 11) is 3.20. The van der Waals surface area contributed by atoms with Crippen LogP contribution in [0.25, 0.3) is 11.0 Å². The monoisotopic (exact) mass is 368 g/mol. The molecule has 3 aromatic rings. The molecule has 1 aromatic carbocycles. The molecule has 0 saturated carbocycles. The molecule has 1 fully saturated rings. The normalized spacial score (nSPS) is 17.2. The molecule has 0 radical (unpaired) electrons. The number of hydrogen-bond donors (Lipinski definition) is 1. The van der Waals surface area contributed by atoms with Gasteiger partial charge in [-0.3, -0.25) is 14.3 Å². The van der Waals surface area contributed by atoms with Gasteiger partial charge in [0.25, 0.3) is 5.56 Å². The molecular weight excluding hydrogens is 344 g/mol. The average molecular weight is 368 g/mol. The standard InChI is InChI=1S/C20H24N4O3/c1-22-11-15(19(25)23(2)20(22)26)12-24(16-7-8-21-10-16)13-17-9-14-5-3-4-6-18(14)27-17/h3-6,9,11,16,21H,7-8,10,12-13H2,1-2H3/t16-/m1/s1. The molecule has 27 heavy (non-hydrogen) atoms. The lowest BCUT2D eigenvalue weighted by atomic mass is 10.1. The second-order valence-electron chi connectivity index (χ2n) is 7.21. The fourth-order valence-corrected chi connectivity index (χ4v) is 3.79. The average Bonchev–Trinajstić information content (AvgIpc) is 3.32. The Morgan fingerprint density at radius 2 is 2.04 bits per heavy atom. The number of para-hydroxylation sites is 1. The van der Waals surface area contributed by atoms with Crippen LogP contribution in [0.5, 0.6) is 0 Å². The first kappa shape index (κ1) is 17.8. The highest BCUT2D eigenvalue weighted by Gasteiger charge is 2.25. The van der Waals surface area contributed by atoms with E-state index in [9.17, 15) is 9.59 Å². The predicted octanol–water partition coefficient (Wildman–Crippen LogP) is 1.19. The van der Waals surface area contributed by atoms with E-state index in [2.05, 4.69) is 16.3 Å². The third-order valence-corrected chi connectivity index (χ3v) is 5.28. The van der Waals surface area contributed by atoms with Crippen LogP contribution in [0, 0.1) is 0 Å². The van der Waals surface area contributed by atoms with Crippen LogP contribution in [0.2, 0.25) is 0 Å². The fraction of sp³-hybridized carbons (Fsp3) is 0.400. The zero-order valence-corrected chi connectivity index (χ0v) is 15.6. The summed E-state index contributed by atoms with van der Waals surface area (Å²) < 4.78 is 8.62. The number of nitrogens with zero attached hydrogens (tertiary/aromatic N) is 3. The van der Waals surface area contributed by atoms with Gasteiger partial charge in [-0.15, -0.1) is 0 Å². The Bertz CT molecular complexity index is 1040. The number of rotatable bonds is 5. The number of hydrogen-bond acceptors (Lipinski definition) is 5. The van der Waals surface area contributed by atoms with Gasteiger partial charge in [0.05, 0.1) is 6.54 Å². The summed E-state index contributed by atoms with van der Waals surface area (Å²) in [4.78, 5) is 26.8. The van der Waals surface area contributed by atoms with Crippen LogP contribution in [-0.2, 0) is 27.2 Å². The van der Waals surface area contributed by atoms with Gasteiger partial charge in [-0.1, -0.05) is 18.2 Å². The molecule has 1 aliphatic heterocycles. The number of benzene rings is 1. The molecule has 3 heterocycles. The van der Waals surface area contributed by atoms with E-state index in [1.165, 1.54) is 16.2 Å². The van der Waals surface area contributed by atoms with Gasteiger partial charge in [0.15, 0.2) is 0 Å². The van der Waals surface area contributed by atoms with Crippen molar-refractivity contribution < 1.29 is 4.42 Å². The first-order valence-corrected chi connectivity index (χ1v) is 9.20. The summed E-state index contributed by atoms with van der Waals surface area (Å²) in [5, 5.41) is 4.47. The van der Waals surface area contributed by atoms with Gasteiger partial charge in [0.2, 0.25) is 0 Å². The molecule has 1 atom stereocenters. The second-order valence-corrected chi connectivity index (χ2v) is 7.21. The zero-order valence-electron chi connectivity index (χ0n) is 15.6. The lowest BCUT2D eigenvalue weighted by Gasteiger charge is -2.27. The van der Waals surface area contributed by atoms with Crippen molar-refractivity contribution in [3.05, 3.63) is 68.7 Å². The van der Waals surface area contributed by atoms with Gasteiger partial charge in [-0.2, -0.15) is 0 Å². The Hall–Kier alpha value is -2.64. The van der Waals surface area contributed by atoms with Crippen LogP contribution < -0.4 is 16.6 Å². The summed E-state index contributed by atoms with van der Waals surface area (Å²) in [5.41, 5.74) is 0.936. The number of furan rings is 1. The van der Waals surface area contributed by atoms with Crippen molar-refractivity contribution in [2.24, 2.45) is 14.1 Å². The zero-order chi connectivity index (χ0) is 19.0. The molecule has 1 aliphatic rings. The number of nitrogens with one attached hydrogen (secondary N) is 1. The first-order chi connectivity index (χ1) is 13.0. The molecule has 2 aromatic heterocycles. The molecule has 0 amide bonds. The van der Waals surface area contributed by atoms with E-state index in [1.54, 1.807) is 13.2 Å². The van der Waals surface area contributed by atoms with E-state index >= 15 is 0 Å². The molecular formula is C20H24N4O3. The molecule has 0 aliphatic carbocycles. The summed E-state index contributed by atoms with van der Waals surface area (Å²) >= 11 is 0. The van der Waals surface area contributed by atoms with Gasteiger partial charge >= 0.3 is 5.69 Å². The largest absolute Gasteiger partial charge is 0.460 e. The highest BCUT2D eigenvalue weighted by Crippen LogP contribution is 2.22. The van der Waals surface area contributed by atoms with Crippen LogP contribution in [0.15, 0.2) is 50.5 Å². The Balaban J connectivity index is 1.65. The Kier molecular flexibility index (Phi) is 4.72. The topological polar surface area (TPSA) is 72.4 Å². The van der Waals surface area contributed by atoms with Gasteiger partial charge in [0, 0.05) is 50.4 Å². The molecule has 1 saturated heterocycles. The Labute approximate surface area is 156 Å². The van der Waals surface area contributed by atoms with Crippen LogP contribution in [0.4, 0.5) is 0 Å². The smallest absolute Gasteiger partial charge is 0.330 e. The van der Waals surface area contributed by atoms with Crippen LogP contribution in [0.3, 0.4) is 0 Å². The SMILES string of the molecule is Cn1cc(CN(Cc2cc3ccccc3o2)[C@@H]2CCNC2)c(=O)n(C)c1=O. The van der Waals surface area contributed by atoms with Gasteiger partial charge in [-0.25, -0.2) is 4.79 Å². The van der Waals surface area contributed by atoms with Crippen molar-refractivity contribution >= 4 is 11.0 Å². The van der Waals surface area contributed by atoms with E-state index < -0.39 is 0 Å². The second kappa shape index (κ2) is 7.17. The van der Waals surface area contributed by atoms with Crippen molar-refractivity contribution in [2.75, 3.05) is 13.1 Å². The summed E-state index contributed by atoms with van der Waals surface area (Å²) in [6.45, 7) is 2.94. The van der Waals surface area contributed by atoms with Crippen molar-refractivity contribution in [3.63, 3.8) is 0 Å². The van der Waals surface area contributed by atoms with Gasteiger partial charge in [-0.05, 0) is 25.1 Å². The van der Waals surface area contributed by atoms with Crippen molar-refractivity contribution in [2.45, 2.75) is 25.6 Å². The molecule has 1 N–H and O–H groups in total. The van der Waals surface area contributed by atoms with Gasteiger partial charge < -0.3 is 14.3 Å². The maximum atomic E-state index is 12.6. The van der Waals surface area contributed by atoms with E-state index in [0.29, 0.717) is 24.7 Å². The van der Waals surface area contributed by atoms with Crippen molar-refractivity contribution in [3.8, 4) is 0 Å². The van der Waals surface area contributed by atoms with E-state index in [-0.39, 0.29) is 11.2 Å². The van der Waals surface area contributed by atoms with Crippen molar-refractivity contribution in [1.29, 1.82) is 0 Å². The fourth-order valence-electron chi connectivity index (χ4n) is 3.79. The van der Waals surface area contributed by atoms with Gasteiger partial charge in [0.1, 0.15) is 11.3 Å². The molecule has 0 spiro atoms. The summed E-state index contributed by atoms with van der Waals surface area (Å²) in [6.07, 6.45) is 2.67. The maximum Gasteiger partial charge on any atom is 0.330 e. The summed E-state index contributed by atoms with van der Waals surface area (Å²) in [6, 6.07) is 10.3. The maximum absolute atomic E-state index is 12.6. The molecule has 4 rings (SSSR count). The minimum absolute atomic E-state index is 0.237. The quantitative estimate of drug-likeness (QED) is 0.733.